The number of aliphatic hydroxyl groups excluding tert-OH is 1. The molecule has 0 spiro atoms. The Hall–Kier alpha value is -3.38. The first-order valence-corrected chi connectivity index (χ1v) is 10.5. The minimum Gasteiger partial charge on any atom is -0.444 e. The number of unbranched alkanes of at least 4 members (excludes halogenated alkanes) is 1. The molecule has 1 saturated heterocycles. The van der Waals surface area contributed by atoms with Crippen LogP contribution in [0.25, 0.3) is 0 Å². The van der Waals surface area contributed by atoms with Crippen LogP contribution < -0.4 is 10.6 Å². The monoisotopic (exact) mass is 441 g/mol. The number of carbonyl (C=O) groups excluding carboxylic acids is 4. The highest BCUT2D eigenvalue weighted by Crippen LogP contribution is 2.29. The van der Waals surface area contributed by atoms with Crippen LogP contribution in [-0.2, 0) is 9.53 Å². The lowest BCUT2D eigenvalue weighted by Crippen LogP contribution is -2.55. The van der Waals surface area contributed by atoms with Gasteiger partial charge in [0.2, 0.25) is 5.91 Å². The first-order chi connectivity index (χ1) is 15.1. The Morgan fingerprint density at radius 3 is 2.69 bits per heavy atom. The van der Waals surface area contributed by atoms with E-state index in [4.69, 9.17) is 4.74 Å². The van der Waals surface area contributed by atoms with Crippen LogP contribution in [0, 0.1) is 11.8 Å². The number of imide groups is 1. The van der Waals surface area contributed by atoms with E-state index in [0.29, 0.717) is 24.9 Å². The Labute approximate surface area is 186 Å². The molecule has 9 heteroatoms. The van der Waals surface area contributed by atoms with Gasteiger partial charge in [-0.25, -0.2) is 4.79 Å². The van der Waals surface area contributed by atoms with Gasteiger partial charge in [0, 0.05) is 18.5 Å². The van der Waals surface area contributed by atoms with Crippen molar-refractivity contribution in [3.63, 3.8) is 0 Å². The number of nitrogens with one attached hydrogen (secondary N) is 2. The second-order valence-electron chi connectivity index (χ2n) is 8.66. The molecule has 1 fully saturated rings. The predicted molar refractivity (Wildman–Crippen MR) is 114 cm³/mol. The van der Waals surface area contributed by atoms with Crippen LogP contribution in [-0.4, -0.2) is 58.2 Å². The zero-order valence-corrected chi connectivity index (χ0v) is 18.4. The van der Waals surface area contributed by atoms with E-state index >= 15 is 0 Å². The molecule has 0 aliphatic carbocycles. The molecular weight excluding hydrogens is 414 g/mol. The second-order valence-corrected chi connectivity index (χ2v) is 8.66. The summed E-state index contributed by atoms with van der Waals surface area (Å²) >= 11 is 0. The average molecular weight is 441 g/mol. The van der Waals surface area contributed by atoms with Crippen molar-refractivity contribution in [3.05, 3.63) is 34.9 Å². The Balaban J connectivity index is 1.63. The molecule has 0 aromatic heterocycles. The number of nitrogens with zero attached hydrogens (tertiary/aromatic N) is 1. The molecule has 0 radical (unpaired) electrons. The number of ether oxygens (including phenoxy) is 1. The molecule has 2 atom stereocenters. The molecule has 9 nitrogen and oxygen atoms in total. The number of aliphatic hydroxyl groups is 1. The van der Waals surface area contributed by atoms with E-state index in [0.717, 1.165) is 4.90 Å². The largest absolute Gasteiger partial charge is 0.444 e. The highest BCUT2D eigenvalue weighted by Gasteiger charge is 2.45. The number of amides is 4. The van der Waals surface area contributed by atoms with Gasteiger partial charge in [0.15, 0.2) is 0 Å². The lowest BCUT2D eigenvalue weighted by Gasteiger charge is -2.31. The molecule has 1 aromatic rings. The minimum atomic E-state index is -0.972. The number of rotatable bonds is 4. The molecule has 0 saturated carbocycles. The van der Waals surface area contributed by atoms with Crippen LogP contribution in [0.3, 0.4) is 0 Å². The Bertz CT molecular complexity index is 1000. The standard InChI is InChI=1S/C23H27N3O6/c1-23(2,3)32-22(31)24-13-6-4-5-8-14-9-7-10-15-18(14)21(30)26(20(15)29)16-11-12-17(27)25-19(16)28/h7,9-10,16-17,27H,4,6,11-13H2,1-3H3,(H,24,31)(H,25,28). The number of alkyl carbamates (subject to hydrolysis) is 1. The van der Waals surface area contributed by atoms with E-state index in [1.165, 1.54) is 0 Å². The summed E-state index contributed by atoms with van der Waals surface area (Å²) in [6, 6.07) is 3.89. The van der Waals surface area contributed by atoms with Crippen LogP contribution in [0.2, 0.25) is 0 Å². The fourth-order valence-corrected chi connectivity index (χ4v) is 3.56. The topological polar surface area (TPSA) is 125 Å². The van der Waals surface area contributed by atoms with Crippen LogP contribution in [0.15, 0.2) is 18.2 Å². The van der Waals surface area contributed by atoms with Crippen LogP contribution in [0.4, 0.5) is 4.79 Å². The van der Waals surface area contributed by atoms with Crippen molar-refractivity contribution >= 4 is 23.8 Å². The summed E-state index contributed by atoms with van der Waals surface area (Å²) in [6.07, 6.45) is 0.0479. The van der Waals surface area contributed by atoms with Gasteiger partial charge in [0.1, 0.15) is 17.9 Å². The number of fused-ring (bicyclic) bond motifs is 1. The maximum atomic E-state index is 13.0. The van der Waals surface area contributed by atoms with Crippen molar-refractivity contribution in [3.8, 4) is 11.8 Å². The molecule has 1 aromatic carbocycles. The summed E-state index contributed by atoms with van der Waals surface area (Å²) in [7, 11) is 0. The Kier molecular flexibility index (Phi) is 6.84. The molecule has 2 unspecified atom stereocenters. The fourth-order valence-electron chi connectivity index (χ4n) is 3.56. The van der Waals surface area contributed by atoms with Gasteiger partial charge in [-0.2, -0.15) is 0 Å². The number of hydrogen-bond acceptors (Lipinski definition) is 6. The highest BCUT2D eigenvalue weighted by atomic mass is 16.6. The number of benzene rings is 1. The fraction of sp³-hybridized carbons (Fsp3) is 0.478. The quantitative estimate of drug-likeness (QED) is 0.370. The van der Waals surface area contributed by atoms with Crippen LogP contribution >= 0.6 is 0 Å². The Morgan fingerprint density at radius 1 is 1.25 bits per heavy atom. The molecular formula is C23H27N3O6. The van der Waals surface area contributed by atoms with E-state index < -0.39 is 41.7 Å². The van der Waals surface area contributed by atoms with Crippen molar-refractivity contribution in [2.75, 3.05) is 6.54 Å². The molecule has 4 amide bonds. The third kappa shape index (κ3) is 5.26. The number of hydrogen-bond donors (Lipinski definition) is 3. The molecule has 32 heavy (non-hydrogen) atoms. The highest BCUT2D eigenvalue weighted by molar-refractivity contribution is 6.23. The summed E-state index contributed by atoms with van der Waals surface area (Å²) in [5.74, 6) is 4.25. The molecule has 3 N–H and O–H groups in total. The number of carbonyl (C=O) groups is 4. The van der Waals surface area contributed by atoms with E-state index in [9.17, 15) is 24.3 Å². The lowest BCUT2D eigenvalue weighted by atomic mass is 10.0. The molecule has 0 bridgehead atoms. The molecule has 3 rings (SSSR count). The van der Waals surface area contributed by atoms with Gasteiger partial charge in [-0.1, -0.05) is 17.9 Å². The van der Waals surface area contributed by atoms with E-state index in [-0.39, 0.29) is 24.0 Å². The lowest BCUT2D eigenvalue weighted by molar-refractivity contribution is -0.131. The zero-order chi connectivity index (χ0) is 23.5. The van der Waals surface area contributed by atoms with Crippen molar-refractivity contribution in [1.82, 2.24) is 15.5 Å². The molecule has 170 valence electrons. The maximum absolute atomic E-state index is 13.0. The smallest absolute Gasteiger partial charge is 0.407 e. The van der Waals surface area contributed by atoms with Crippen LogP contribution in [0.5, 0.6) is 0 Å². The van der Waals surface area contributed by atoms with Crippen molar-refractivity contribution in [2.24, 2.45) is 0 Å². The summed E-state index contributed by atoms with van der Waals surface area (Å²) in [4.78, 5) is 50.7. The van der Waals surface area contributed by atoms with E-state index in [2.05, 4.69) is 22.5 Å². The van der Waals surface area contributed by atoms with Crippen molar-refractivity contribution < 1.29 is 29.0 Å². The zero-order valence-electron chi connectivity index (χ0n) is 18.4. The van der Waals surface area contributed by atoms with Crippen LogP contribution in [0.1, 0.15) is 72.7 Å². The minimum absolute atomic E-state index is 0.191. The van der Waals surface area contributed by atoms with E-state index in [1.807, 2.05) is 0 Å². The van der Waals surface area contributed by atoms with Gasteiger partial charge >= 0.3 is 6.09 Å². The maximum Gasteiger partial charge on any atom is 0.407 e. The van der Waals surface area contributed by atoms with Gasteiger partial charge < -0.3 is 20.5 Å². The molecule has 2 aliphatic heterocycles. The van der Waals surface area contributed by atoms with Gasteiger partial charge in [-0.3, -0.25) is 19.3 Å². The predicted octanol–water partition coefficient (Wildman–Crippen LogP) is 1.54. The third-order valence-electron chi connectivity index (χ3n) is 4.95. The Morgan fingerprint density at radius 2 is 2.00 bits per heavy atom. The SMILES string of the molecule is CC(C)(C)OC(=O)NCCCC#Cc1cccc2c1C(=O)N(C1CCC(O)NC1=O)C2=O. The molecule has 2 aliphatic rings. The van der Waals surface area contributed by atoms with Gasteiger partial charge in [-0.15, -0.1) is 0 Å². The summed E-state index contributed by atoms with van der Waals surface area (Å²) in [5, 5.41) is 14.6. The van der Waals surface area contributed by atoms with Gasteiger partial charge in [0.05, 0.1) is 11.1 Å². The first-order valence-electron chi connectivity index (χ1n) is 10.5. The third-order valence-corrected chi connectivity index (χ3v) is 4.95. The van der Waals surface area contributed by atoms with Crippen molar-refractivity contribution in [2.45, 2.75) is 64.3 Å². The second kappa shape index (κ2) is 9.40. The average Bonchev–Trinajstić information content (AvgIpc) is 2.95. The number of piperidine rings is 1. The summed E-state index contributed by atoms with van der Waals surface area (Å²) in [6.45, 7) is 5.75. The van der Waals surface area contributed by atoms with Gasteiger partial charge in [-0.05, 0) is 52.2 Å². The molecule has 2 heterocycles. The first kappa shape index (κ1) is 23.3. The van der Waals surface area contributed by atoms with Crippen molar-refractivity contribution in [1.29, 1.82) is 0 Å². The normalized spacial score (nSPS) is 20.2. The van der Waals surface area contributed by atoms with Gasteiger partial charge in [0.25, 0.3) is 11.8 Å². The summed E-state index contributed by atoms with van der Waals surface area (Å²) < 4.78 is 5.16. The summed E-state index contributed by atoms with van der Waals surface area (Å²) in [5.41, 5.74) is 0.260. The van der Waals surface area contributed by atoms with E-state index in [1.54, 1.807) is 39.0 Å².